The maximum Gasteiger partial charge on any atom is 0 e. The van der Waals surface area contributed by atoms with E-state index in [2.05, 4.69) is 0 Å². The Balaban J connectivity index is -0.0000000450. The minimum atomic E-state index is 0. The van der Waals surface area contributed by atoms with Crippen molar-refractivity contribution >= 4 is 9.90 Å². The van der Waals surface area contributed by atoms with Gasteiger partial charge in [-0.3, -0.25) is 0 Å². The molecule has 0 aromatic carbocycles. The molecule has 0 N–H and O–H groups in total. The van der Waals surface area contributed by atoms with Crippen molar-refractivity contribution in [2.24, 2.45) is 0 Å². The van der Waals surface area contributed by atoms with Crippen LogP contribution in [0.3, 0.4) is 0 Å². The van der Waals surface area contributed by atoms with Gasteiger partial charge in [0.05, 0.1) is 0 Å². The molecular formula is C3H12NPRu. The maximum absolute atomic E-state index is 2.00. The first-order valence-corrected chi connectivity index (χ1v) is 1.34. The summed E-state index contributed by atoms with van der Waals surface area (Å²) >= 11 is 0. The van der Waals surface area contributed by atoms with E-state index in [1.165, 1.54) is 0 Å². The summed E-state index contributed by atoms with van der Waals surface area (Å²) < 4.78 is 0. The molecule has 0 fully saturated rings. The summed E-state index contributed by atoms with van der Waals surface area (Å²) in [7, 11) is 6.00. The van der Waals surface area contributed by atoms with Crippen molar-refractivity contribution in [1.29, 1.82) is 0 Å². The molecule has 42 valence electrons. The number of rotatable bonds is 0. The molecule has 0 saturated heterocycles. The van der Waals surface area contributed by atoms with Crippen molar-refractivity contribution in [2.75, 3.05) is 21.1 Å². The number of nitrogens with zero attached hydrogens (tertiary/aromatic N) is 1. The molecule has 0 heterocycles. The number of hydrogen-bond acceptors (Lipinski definition) is 1. The topological polar surface area (TPSA) is 3.24 Å². The summed E-state index contributed by atoms with van der Waals surface area (Å²) in [5.74, 6) is 0. The van der Waals surface area contributed by atoms with Crippen LogP contribution in [0.1, 0.15) is 0 Å². The third-order valence-electron chi connectivity index (χ3n) is 0. The zero-order valence-corrected chi connectivity index (χ0v) is 7.66. The van der Waals surface area contributed by atoms with E-state index < -0.39 is 0 Å². The molecule has 0 aliphatic heterocycles. The first-order chi connectivity index (χ1) is 1.73. The van der Waals surface area contributed by atoms with Crippen LogP contribution in [-0.4, -0.2) is 26.0 Å². The van der Waals surface area contributed by atoms with Crippen molar-refractivity contribution in [3.05, 3.63) is 0 Å². The molecule has 1 unspecified atom stereocenters. The predicted octanol–water partition coefficient (Wildman–Crippen LogP) is 0.233. The third-order valence-corrected chi connectivity index (χ3v) is 0. The van der Waals surface area contributed by atoms with Crippen LogP contribution in [0.2, 0.25) is 0 Å². The van der Waals surface area contributed by atoms with Gasteiger partial charge in [-0.2, -0.15) is 9.90 Å². The Kier molecular flexibility index (Phi) is 24.6. The molecule has 0 spiro atoms. The van der Waals surface area contributed by atoms with Crippen molar-refractivity contribution < 1.29 is 19.5 Å². The van der Waals surface area contributed by atoms with Gasteiger partial charge < -0.3 is 4.90 Å². The van der Waals surface area contributed by atoms with E-state index in [-0.39, 0.29) is 29.4 Å². The summed E-state index contributed by atoms with van der Waals surface area (Å²) in [6.07, 6.45) is 0. The first-order valence-electron chi connectivity index (χ1n) is 1.34. The summed E-state index contributed by atoms with van der Waals surface area (Å²) in [6.45, 7) is 0. The molecule has 0 rings (SSSR count). The summed E-state index contributed by atoms with van der Waals surface area (Å²) in [5.41, 5.74) is 0. The van der Waals surface area contributed by atoms with Crippen LogP contribution in [0.5, 0.6) is 0 Å². The van der Waals surface area contributed by atoms with Gasteiger partial charge in [0, 0.05) is 19.5 Å². The summed E-state index contributed by atoms with van der Waals surface area (Å²) in [6, 6.07) is 0. The SMILES string of the molecule is CN(C)C.P.[Ru]. The second kappa shape index (κ2) is 9.38. The van der Waals surface area contributed by atoms with E-state index in [0.29, 0.717) is 0 Å². The molecule has 0 aliphatic carbocycles. The van der Waals surface area contributed by atoms with Gasteiger partial charge in [-0.05, 0) is 21.1 Å². The van der Waals surface area contributed by atoms with E-state index >= 15 is 0 Å². The minimum Gasteiger partial charge on any atom is -0.312 e. The van der Waals surface area contributed by atoms with Crippen LogP contribution in [-0.2, 0) is 19.5 Å². The van der Waals surface area contributed by atoms with E-state index in [4.69, 9.17) is 0 Å². The Hall–Kier alpha value is 1.01. The van der Waals surface area contributed by atoms with Crippen LogP contribution in [0.15, 0.2) is 0 Å². The van der Waals surface area contributed by atoms with Gasteiger partial charge in [-0.25, -0.2) is 0 Å². The molecular weight excluding hydrogens is 182 g/mol. The fourth-order valence-electron chi connectivity index (χ4n) is 0. The van der Waals surface area contributed by atoms with Gasteiger partial charge in [0.25, 0.3) is 0 Å². The van der Waals surface area contributed by atoms with E-state index in [0.717, 1.165) is 0 Å². The molecule has 1 atom stereocenters. The molecule has 6 heavy (non-hydrogen) atoms. The second-order valence-corrected chi connectivity index (χ2v) is 1.34. The normalized spacial score (nSPS) is 6.00. The van der Waals surface area contributed by atoms with E-state index in [1.54, 1.807) is 0 Å². The number of hydrogen-bond donors (Lipinski definition) is 0. The van der Waals surface area contributed by atoms with Gasteiger partial charge in [0.2, 0.25) is 0 Å². The molecule has 1 nitrogen and oxygen atoms in total. The van der Waals surface area contributed by atoms with Gasteiger partial charge >= 0.3 is 0 Å². The standard InChI is InChI=1S/C3H9N.H3P.Ru/c1-4(2)3;;/h1-3H3;1H3;. The Morgan fingerprint density at radius 2 is 1.00 bits per heavy atom. The average Bonchev–Trinajstić information content (AvgIpc) is 0.811. The van der Waals surface area contributed by atoms with Gasteiger partial charge in [0.1, 0.15) is 0 Å². The summed E-state index contributed by atoms with van der Waals surface area (Å²) in [4.78, 5) is 2.00. The Bertz CT molecular complexity index is 15.5. The monoisotopic (exact) mass is 195 g/mol. The molecule has 3 heteroatoms. The van der Waals surface area contributed by atoms with Crippen LogP contribution >= 0.6 is 9.90 Å². The van der Waals surface area contributed by atoms with Gasteiger partial charge in [0.15, 0.2) is 0 Å². The van der Waals surface area contributed by atoms with Crippen molar-refractivity contribution in [1.82, 2.24) is 4.90 Å². The fraction of sp³-hybridized carbons (Fsp3) is 1.00. The quantitative estimate of drug-likeness (QED) is 0.394. The fourth-order valence-corrected chi connectivity index (χ4v) is 0. The second-order valence-electron chi connectivity index (χ2n) is 1.34. The Morgan fingerprint density at radius 1 is 1.00 bits per heavy atom. The van der Waals surface area contributed by atoms with Crippen molar-refractivity contribution in [3.63, 3.8) is 0 Å². The average molecular weight is 194 g/mol. The molecule has 0 aliphatic rings. The Labute approximate surface area is 55.9 Å². The van der Waals surface area contributed by atoms with Crippen molar-refractivity contribution in [3.8, 4) is 0 Å². The molecule has 0 saturated carbocycles. The maximum atomic E-state index is 2.00. The predicted molar refractivity (Wildman–Crippen MR) is 30.7 cm³/mol. The van der Waals surface area contributed by atoms with Gasteiger partial charge in [-0.1, -0.05) is 0 Å². The molecule has 0 aromatic rings. The molecule has 0 aromatic heterocycles. The minimum absolute atomic E-state index is 0. The van der Waals surface area contributed by atoms with Gasteiger partial charge in [-0.15, -0.1) is 0 Å². The van der Waals surface area contributed by atoms with Crippen molar-refractivity contribution in [2.45, 2.75) is 0 Å². The van der Waals surface area contributed by atoms with E-state index in [9.17, 15) is 0 Å². The van der Waals surface area contributed by atoms with Crippen LogP contribution in [0, 0.1) is 0 Å². The first kappa shape index (κ1) is 15.7. The Morgan fingerprint density at radius 3 is 1.00 bits per heavy atom. The smallest absolute Gasteiger partial charge is 0 e. The largest absolute Gasteiger partial charge is 0.312 e. The van der Waals surface area contributed by atoms with E-state index in [1.807, 2.05) is 26.0 Å². The molecule has 0 radical (unpaired) electrons. The summed E-state index contributed by atoms with van der Waals surface area (Å²) in [5, 5.41) is 0. The third kappa shape index (κ3) is 78.6. The van der Waals surface area contributed by atoms with Crippen LogP contribution < -0.4 is 0 Å². The molecule has 0 amide bonds. The zero-order valence-electron chi connectivity index (χ0n) is 4.51. The zero-order chi connectivity index (χ0) is 3.58. The molecule has 0 bridgehead atoms. The van der Waals surface area contributed by atoms with Crippen LogP contribution in [0.4, 0.5) is 0 Å². The van der Waals surface area contributed by atoms with Crippen LogP contribution in [0.25, 0.3) is 0 Å².